The Hall–Kier alpha value is -1.84. The predicted molar refractivity (Wildman–Crippen MR) is 93.8 cm³/mol. The Bertz CT molecular complexity index is 485. The summed E-state index contributed by atoms with van der Waals surface area (Å²) in [7, 11) is 0. The van der Waals surface area contributed by atoms with Crippen LogP contribution in [0.3, 0.4) is 0 Å². The highest BCUT2D eigenvalue weighted by atomic mass is 16.2. The van der Waals surface area contributed by atoms with Crippen LogP contribution >= 0.6 is 0 Å². The van der Waals surface area contributed by atoms with Gasteiger partial charge in [-0.1, -0.05) is 63.9 Å². The van der Waals surface area contributed by atoms with Gasteiger partial charge in [-0.25, -0.2) is 0 Å². The minimum atomic E-state index is -0.466. The normalized spacial score (nSPS) is 12.0. The van der Waals surface area contributed by atoms with E-state index in [0.29, 0.717) is 13.1 Å². The van der Waals surface area contributed by atoms with Crippen molar-refractivity contribution in [3.8, 4) is 0 Å². The first-order chi connectivity index (χ1) is 11.0. The molecule has 0 saturated carbocycles. The number of hydrogen-bond donors (Lipinski definition) is 1. The second kappa shape index (κ2) is 10.0. The van der Waals surface area contributed by atoms with E-state index in [1.807, 2.05) is 44.2 Å². The molecular weight excluding hydrogens is 288 g/mol. The minimum Gasteiger partial charge on any atom is -0.354 e. The third-order valence-corrected chi connectivity index (χ3v) is 3.90. The molecule has 1 atom stereocenters. The number of nitrogens with one attached hydrogen (secondary N) is 1. The Morgan fingerprint density at radius 3 is 2.30 bits per heavy atom. The molecule has 0 heterocycles. The first-order valence-corrected chi connectivity index (χ1v) is 8.59. The van der Waals surface area contributed by atoms with Crippen molar-refractivity contribution in [1.82, 2.24) is 10.2 Å². The number of unbranched alkanes of at least 4 members (excludes halogenated alkanes) is 2. The summed E-state index contributed by atoms with van der Waals surface area (Å²) in [6, 6.07) is 9.33. The van der Waals surface area contributed by atoms with Gasteiger partial charge in [0.05, 0.1) is 0 Å². The summed E-state index contributed by atoms with van der Waals surface area (Å²) in [4.78, 5) is 26.6. The van der Waals surface area contributed by atoms with E-state index in [9.17, 15) is 9.59 Å². The van der Waals surface area contributed by atoms with Gasteiger partial charge < -0.3 is 10.2 Å². The van der Waals surface area contributed by atoms with E-state index < -0.39 is 6.04 Å². The third kappa shape index (κ3) is 6.43. The van der Waals surface area contributed by atoms with E-state index in [4.69, 9.17) is 0 Å². The highest BCUT2D eigenvalue weighted by molar-refractivity contribution is 5.88. The second-order valence-electron chi connectivity index (χ2n) is 6.28. The Morgan fingerprint density at radius 2 is 1.74 bits per heavy atom. The quantitative estimate of drug-likeness (QED) is 0.710. The molecular formula is C19H30N2O2. The first kappa shape index (κ1) is 19.2. The van der Waals surface area contributed by atoms with E-state index in [0.717, 1.165) is 24.8 Å². The fourth-order valence-electron chi connectivity index (χ4n) is 2.39. The van der Waals surface area contributed by atoms with Gasteiger partial charge in [-0.2, -0.15) is 0 Å². The monoisotopic (exact) mass is 318 g/mol. The molecule has 0 aliphatic heterocycles. The van der Waals surface area contributed by atoms with E-state index in [-0.39, 0.29) is 17.7 Å². The summed E-state index contributed by atoms with van der Waals surface area (Å²) in [6.45, 7) is 8.80. The highest BCUT2D eigenvalue weighted by Gasteiger charge is 2.27. The molecule has 2 amide bonds. The van der Waals surface area contributed by atoms with Crippen molar-refractivity contribution < 1.29 is 9.59 Å². The fourth-order valence-corrected chi connectivity index (χ4v) is 2.39. The fraction of sp³-hybridized carbons (Fsp3) is 0.579. The SMILES string of the molecule is CCCCCNC(=O)[C@H](C)N(Cc1ccccc1)C(=O)C(C)C. The molecule has 1 aromatic rings. The van der Waals surface area contributed by atoms with Crippen LogP contribution < -0.4 is 5.32 Å². The average molecular weight is 318 g/mol. The van der Waals surface area contributed by atoms with Crippen LogP contribution in [0.1, 0.15) is 52.5 Å². The van der Waals surface area contributed by atoms with Crippen LogP contribution in [0.25, 0.3) is 0 Å². The van der Waals surface area contributed by atoms with Gasteiger partial charge in [-0.05, 0) is 18.9 Å². The van der Waals surface area contributed by atoms with Gasteiger partial charge in [-0.3, -0.25) is 9.59 Å². The molecule has 0 aliphatic rings. The zero-order chi connectivity index (χ0) is 17.2. The Labute approximate surface area is 140 Å². The van der Waals surface area contributed by atoms with Crippen LogP contribution in [0, 0.1) is 5.92 Å². The van der Waals surface area contributed by atoms with Crippen molar-refractivity contribution in [1.29, 1.82) is 0 Å². The summed E-state index contributed by atoms with van der Waals surface area (Å²) < 4.78 is 0. The minimum absolute atomic E-state index is 0.00469. The van der Waals surface area contributed by atoms with Crippen LogP contribution in [0.5, 0.6) is 0 Å². The number of carbonyl (C=O) groups is 2. The molecule has 0 saturated heterocycles. The van der Waals surface area contributed by atoms with Crippen LogP contribution in [0.4, 0.5) is 0 Å². The van der Waals surface area contributed by atoms with Crippen molar-refractivity contribution in [2.24, 2.45) is 5.92 Å². The molecule has 128 valence electrons. The smallest absolute Gasteiger partial charge is 0.242 e. The molecule has 0 fully saturated rings. The Morgan fingerprint density at radius 1 is 1.09 bits per heavy atom. The van der Waals surface area contributed by atoms with Gasteiger partial charge in [0.1, 0.15) is 6.04 Å². The molecule has 0 radical (unpaired) electrons. The van der Waals surface area contributed by atoms with Crippen LogP contribution in [-0.4, -0.2) is 29.3 Å². The van der Waals surface area contributed by atoms with Gasteiger partial charge in [0.15, 0.2) is 0 Å². The molecule has 0 aromatic heterocycles. The molecule has 0 bridgehead atoms. The van der Waals surface area contributed by atoms with Gasteiger partial charge in [0.2, 0.25) is 11.8 Å². The third-order valence-electron chi connectivity index (χ3n) is 3.90. The lowest BCUT2D eigenvalue weighted by Gasteiger charge is -2.30. The van der Waals surface area contributed by atoms with Gasteiger partial charge in [0.25, 0.3) is 0 Å². The Balaban J connectivity index is 2.74. The molecule has 1 rings (SSSR count). The molecule has 4 heteroatoms. The van der Waals surface area contributed by atoms with Crippen molar-refractivity contribution >= 4 is 11.8 Å². The molecule has 1 aromatic carbocycles. The van der Waals surface area contributed by atoms with Crippen LogP contribution in [0.15, 0.2) is 30.3 Å². The maximum absolute atomic E-state index is 12.5. The lowest BCUT2D eigenvalue weighted by atomic mass is 10.1. The van der Waals surface area contributed by atoms with Crippen LogP contribution in [0.2, 0.25) is 0 Å². The topological polar surface area (TPSA) is 49.4 Å². The number of hydrogen-bond acceptors (Lipinski definition) is 2. The van der Waals surface area contributed by atoms with E-state index in [1.165, 1.54) is 0 Å². The van der Waals surface area contributed by atoms with Crippen LogP contribution in [-0.2, 0) is 16.1 Å². The maximum Gasteiger partial charge on any atom is 0.242 e. The standard InChI is InChI=1S/C19H30N2O2/c1-5-6-10-13-20-18(22)16(4)21(19(23)15(2)3)14-17-11-8-7-9-12-17/h7-9,11-12,15-16H,5-6,10,13-14H2,1-4H3,(H,20,22)/t16-/m0/s1. The van der Waals surface area contributed by atoms with Gasteiger partial charge in [0, 0.05) is 19.0 Å². The number of amides is 2. The maximum atomic E-state index is 12.5. The summed E-state index contributed by atoms with van der Waals surface area (Å²) in [5.41, 5.74) is 1.03. The van der Waals surface area contributed by atoms with Crippen molar-refractivity contribution in [3.05, 3.63) is 35.9 Å². The molecule has 23 heavy (non-hydrogen) atoms. The zero-order valence-corrected chi connectivity index (χ0v) is 14.8. The largest absolute Gasteiger partial charge is 0.354 e. The predicted octanol–water partition coefficient (Wildman–Crippen LogP) is 3.37. The van der Waals surface area contributed by atoms with Gasteiger partial charge >= 0.3 is 0 Å². The number of carbonyl (C=O) groups excluding carboxylic acids is 2. The van der Waals surface area contributed by atoms with Gasteiger partial charge in [-0.15, -0.1) is 0 Å². The zero-order valence-electron chi connectivity index (χ0n) is 14.8. The average Bonchev–Trinajstić information content (AvgIpc) is 2.56. The number of nitrogens with zero attached hydrogens (tertiary/aromatic N) is 1. The van der Waals surface area contributed by atoms with E-state index in [2.05, 4.69) is 12.2 Å². The summed E-state index contributed by atoms with van der Waals surface area (Å²) in [5.74, 6) is -0.204. The van der Waals surface area contributed by atoms with Crippen molar-refractivity contribution in [2.75, 3.05) is 6.54 Å². The molecule has 4 nitrogen and oxygen atoms in total. The summed E-state index contributed by atoms with van der Waals surface area (Å²) >= 11 is 0. The summed E-state index contributed by atoms with van der Waals surface area (Å²) in [5, 5.41) is 2.94. The van der Waals surface area contributed by atoms with E-state index in [1.54, 1.807) is 11.8 Å². The number of rotatable bonds is 9. The molecule has 0 aliphatic carbocycles. The van der Waals surface area contributed by atoms with Crippen molar-refractivity contribution in [2.45, 2.75) is 59.5 Å². The number of benzene rings is 1. The van der Waals surface area contributed by atoms with Crippen molar-refractivity contribution in [3.63, 3.8) is 0 Å². The van der Waals surface area contributed by atoms with E-state index >= 15 is 0 Å². The summed E-state index contributed by atoms with van der Waals surface area (Å²) in [6.07, 6.45) is 3.20. The highest BCUT2D eigenvalue weighted by Crippen LogP contribution is 2.13. The second-order valence-corrected chi connectivity index (χ2v) is 6.28. The lowest BCUT2D eigenvalue weighted by Crippen LogP contribution is -2.49. The molecule has 0 spiro atoms. The lowest BCUT2D eigenvalue weighted by molar-refractivity contribution is -0.143. The molecule has 1 N–H and O–H groups in total. The first-order valence-electron chi connectivity index (χ1n) is 8.59. The molecule has 0 unspecified atom stereocenters. The Kier molecular flexibility index (Phi) is 8.38.